The highest BCUT2D eigenvalue weighted by atomic mass is 16.4. The lowest BCUT2D eigenvalue weighted by atomic mass is 9.32. The van der Waals surface area contributed by atoms with E-state index in [1.165, 1.54) is 49.7 Å². The number of nitrogens with zero attached hydrogens (tertiary/aromatic N) is 1. The van der Waals surface area contributed by atoms with Crippen molar-refractivity contribution in [1.29, 1.82) is 0 Å². The van der Waals surface area contributed by atoms with Gasteiger partial charge in [0.05, 0.1) is 11.0 Å². The molecule has 1 aliphatic heterocycles. The molecule has 5 fully saturated rings. The Hall–Kier alpha value is -2.43. The lowest BCUT2D eigenvalue weighted by Crippen LogP contribution is -2.66. The molecule has 1 amide bonds. The number of fused-ring (bicyclic) bond motifs is 7. The van der Waals surface area contributed by atoms with E-state index in [2.05, 4.69) is 45.6 Å². The maximum atomic E-state index is 14.4. The molecule has 0 aromatic heterocycles. The summed E-state index contributed by atoms with van der Waals surface area (Å²) in [6.07, 6.45) is 17.1. The number of hydrogen-bond acceptors (Lipinski definition) is 3. The Morgan fingerprint density at radius 3 is 2.29 bits per heavy atom. The predicted molar refractivity (Wildman–Crippen MR) is 177 cm³/mol. The number of carbonyl (C=O) groups is 3. The van der Waals surface area contributed by atoms with Crippen LogP contribution in [0.3, 0.4) is 0 Å². The molecule has 4 unspecified atom stereocenters. The Balaban J connectivity index is 1.18. The van der Waals surface area contributed by atoms with Crippen LogP contribution in [0.5, 0.6) is 0 Å². The standard InChI is InChI=1S/C40H55NO4/c1-36(2)29(27-10-12-28(13-11-27)34(43)44)16-19-37(3)32(36)17-20-39(5)33(37)15-14-30-31-9-6-18-40(31,22-21-38(30,39)4)35(45)41-23-7-8-26(24-41)25-42/h10-13,16,25-26,30-33H,6-9,14-15,17-24H2,1-5H3,(H,43,44)/t26?,30-,31?,32?,33?,37+,38-,39-,40+/m1/s1. The van der Waals surface area contributed by atoms with E-state index in [-0.39, 0.29) is 33.0 Å². The molecule has 0 radical (unpaired) electrons. The SMILES string of the molecule is CC1(C)C(c2ccc(C(=O)O)cc2)=CC[C@@]2(C)C1CC[C@]1(C)C2CC[C@@H]2C3CCC[C@]3(C(=O)N3CCCC(C=O)C3)CC[C@]21C. The molecule has 1 aromatic rings. The van der Waals surface area contributed by atoms with Gasteiger partial charge in [0.2, 0.25) is 5.91 Å². The van der Waals surface area contributed by atoms with Crippen LogP contribution in [0.1, 0.15) is 128 Å². The van der Waals surface area contributed by atoms with Crippen LogP contribution in [-0.2, 0) is 9.59 Å². The molecule has 1 saturated heterocycles. The largest absolute Gasteiger partial charge is 0.478 e. The molecule has 7 rings (SSSR count). The smallest absolute Gasteiger partial charge is 0.335 e. The maximum absolute atomic E-state index is 14.4. The van der Waals surface area contributed by atoms with Crippen LogP contribution in [0, 0.1) is 56.7 Å². The van der Waals surface area contributed by atoms with Crippen LogP contribution in [0.15, 0.2) is 30.3 Å². The average molecular weight is 614 g/mol. The minimum atomic E-state index is -0.873. The van der Waals surface area contributed by atoms with Gasteiger partial charge >= 0.3 is 5.97 Å². The molecule has 5 aliphatic carbocycles. The van der Waals surface area contributed by atoms with Crippen LogP contribution < -0.4 is 0 Å². The number of aldehydes is 1. The topological polar surface area (TPSA) is 74.7 Å². The maximum Gasteiger partial charge on any atom is 0.335 e. The summed E-state index contributed by atoms with van der Waals surface area (Å²) in [5.74, 6) is 1.83. The Morgan fingerprint density at radius 1 is 0.822 bits per heavy atom. The van der Waals surface area contributed by atoms with Gasteiger partial charge in [0.25, 0.3) is 0 Å². The Labute approximate surface area is 270 Å². The van der Waals surface area contributed by atoms with Gasteiger partial charge < -0.3 is 14.8 Å². The molecule has 1 N–H and O–H groups in total. The fraction of sp³-hybridized carbons (Fsp3) is 0.725. The molecule has 5 nitrogen and oxygen atoms in total. The number of amides is 1. The zero-order valence-corrected chi connectivity index (χ0v) is 28.4. The lowest BCUT2D eigenvalue weighted by Gasteiger charge is -2.72. The van der Waals surface area contributed by atoms with Crippen molar-refractivity contribution in [2.24, 2.45) is 56.7 Å². The second-order valence-electron chi connectivity index (χ2n) is 17.5. The molecule has 1 aromatic carbocycles. The molecule has 244 valence electrons. The van der Waals surface area contributed by atoms with E-state index in [9.17, 15) is 19.5 Å². The third-order valence-corrected chi connectivity index (χ3v) is 15.7. The first kappa shape index (κ1) is 31.2. The van der Waals surface area contributed by atoms with Crippen molar-refractivity contribution in [3.8, 4) is 0 Å². The number of carbonyl (C=O) groups excluding carboxylic acids is 2. The van der Waals surface area contributed by atoms with Gasteiger partial charge in [-0.2, -0.15) is 0 Å². The van der Waals surface area contributed by atoms with E-state index >= 15 is 0 Å². The summed E-state index contributed by atoms with van der Waals surface area (Å²) in [5, 5.41) is 9.44. The summed E-state index contributed by atoms with van der Waals surface area (Å²) in [4.78, 5) is 39.7. The van der Waals surface area contributed by atoms with Crippen molar-refractivity contribution in [2.45, 2.75) is 112 Å². The zero-order valence-electron chi connectivity index (χ0n) is 28.4. The quantitative estimate of drug-likeness (QED) is 0.345. The van der Waals surface area contributed by atoms with Crippen LogP contribution in [0.2, 0.25) is 0 Å². The van der Waals surface area contributed by atoms with E-state index in [4.69, 9.17) is 0 Å². The molecule has 9 atom stereocenters. The van der Waals surface area contributed by atoms with Crippen LogP contribution in [0.4, 0.5) is 0 Å². The van der Waals surface area contributed by atoms with E-state index in [0.717, 1.165) is 51.4 Å². The normalized spacial score (nSPS) is 43.6. The van der Waals surface area contributed by atoms with Crippen LogP contribution in [-0.4, -0.2) is 41.3 Å². The van der Waals surface area contributed by atoms with Gasteiger partial charge in [0.15, 0.2) is 0 Å². The molecular formula is C40H55NO4. The number of hydrogen-bond donors (Lipinski definition) is 1. The molecule has 6 aliphatic rings. The third kappa shape index (κ3) is 4.26. The van der Waals surface area contributed by atoms with E-state index < -0.39 is 5.97 Å². The highest BCUT2D eigenvalue weighted by molar-refractivity contribution is 5.88. The van der Waals surface area contributed by atoms with Gasteiger partial charge in [0, 0.05) is 19.0 Å². The van der Waals surface area contributed by atoms with Crippen molar-refractivity contribution in [1.82, 2.24) is 4.90 Å². The highest BCUT2D eigenvalue weighted by Gasteiger charge is 2.70. The molecular weight excluding hydrogens is 558 g/mol. The van der Waals surface area contributed by atoms with Gasteiger partial charge in [0.1, 0.15) is 6.29 Å². The second kappa shape index (κ2) is 10.5. The molecule has 4 saturated carbocycles. The number of carboxylic acids is 1. The first-order valence-electron chi connectivity index (χ1n) is 18.1. The zero-order chi connectivity index (χ0) is 32.0. The van der Waals surface area contributed by atoms with Crippen LogP contribution in [0.25, 0.3) is 5.57 Å². The summed E-state index contributed by atoms with van der Waals surface area (Å²) in [5.41, 5.74) is 3.38. The monoisotopic (exact) mass is 613 g/mol. The number of likely N-dealkylation sites (tertiary alicyclic amines) is 1. The number of benzene rings is 1. The lowest BCUT2D eigenvalue weighted by molar-refractivity contribution is -0.224. The predicted octanol–water partition coefficient (Wildman–Crippen LogP) is 8.67. The summed E-state index contributed by atoms with van der Waals surface area (Å²) in [6, 6.07) is 7.54. The number of carboxylic acid groups (broad SMARTS) is 1. The van der Waals surface area contributed by atoms with Crippen LogP contribution >= 0.6 is 0 Å². The highest BCUT2D eigenvalue weighted by Crippen LogP contribution is 2.77. The van der Waals surface area contributed by atoms with Gasteiger partial charge in [-0.05, 0) is 139 Å². The molecule has 0 spiro atoms. The number of aromatic carboxylic acids is 1. The minimum Gasteiger partial charge on any atom is -0.478 e. The van der Waals surface area contributed by atoms with Gasteiger partial charge in [-0.1, -0.05) is 59.2 Å². The summed E-state index contributed by atoms with van der Waals surface area (Å²) < 4.78 is 0. The summed E-state index contributed by atoms with van der Waals surface area (Å²) >= 11 is 0. The first-order chi connectivity index (χ1) is 21.3. The molecule has 5 heteroatoms. The van der Waals surface area contributed by atoms with Crippen molar-refractivity contribution in [3.05, 3.63) is 41.5 Å². The Kier molecular flexibility index (Phi) is 7.30. The fourth-order valence-corrected chi connectivity index (χ4v) is 13.5. The minimum absolute atomic E-state index is 0.00420. The Morgan fingerprint density at radius 2 is 1.58 bits per heavy atom. The summed E-state index contributed by atoms with van der Waals surface area (Å²) in [7, 11) is 0. The molecule has 1 heterocycles. The van der Waals surface area contributed by atoms with E-state index in [1.54, 1.807) is 12.1 Å². The summed E-state index contributed by atoms with van der Waals surface area (Å²) in [6.45, 7) is 14.3. The fourth-order valence-electron chi connectivity index (χ4n) is 13.5. The van der Waals surface area contributed by atoms with E-state index in [0.29, 0.717) is 41.7 Å². The molecule has 45 heavy (non-hydrogen) atoms. The van der Waals surface area contributed by atoms with E-state index in [1.807, 2.05) is 12.1 Å². The number of rotatable bonds is 4. The Bertz CT molecular complexity index is 1410. The average Bonchev–Trinajstić information content (AvgIpc) is 3.46. The van der Waals surface area contributed by atoms with Crippen molar-refractivity contribution >= 4 is 23.7 Å². The van der Waals surface area contributed by atoms with Crippen molar-refractivity contribution < 1.29 is 19.5 Å². The number of allylic oxidation sites excluding steroid dienone is 2. The van der Waals surface area contributed by atoms with Crippen molar-refractivity contribution in [3.63, 3.8) is 0 Å². The van der Waals surface area contributed by atoms with Gasteiger partial charge in [-0.15, -0.1) is 0 Å². The third-order valence-electron chi connectivity index (χ3n) is 15.7. The second-order valence-corrected chi connectivity index (χ2v) is 17.5. The molecule has 0 bridgehead atoms. The van der Waals surface area contributed by atoms with Gasteiger partial charge in [-0.25, -0.2) is 4.79 Å². The number of piperidine rings is 1. The van der Waals surface area contributed by atoms with Gasteiger partial charge in [-0.3, -0.25) is 4.79 Å². The first-order valence-corrected chi connectivity index (χ1v) is 18.1. The van der Waals surface area contributed by atoms with Crippen molar-refractivity contribution in [2.75, 3.05) is 13.1 Å².